The van der Waals surface area contributed by atoms with Gasteiger partial charge in [0.15, 0.2) is 0 Å². The second-order valence-electron chi connectivity index (χ2n) is 5.53. The summed E-state index contributed by atoms with van der Waals surface area (Å²) in [5, 5.41) is 10.5. The average molecular weight is 287 g/mol. The lowest BCUT2D eigenvalue weighted by Gasteiger charge is -2.44. The molecule has 1 unspecified atom stereocenters. The first-order valence-electron chi connectivity index (χ1n) is 7.15. The predicted octanol–water partition coefficient (Wildman–Crippen LogP) is 2.68. The van der Waals surface area contributed by atoms with Crippen molar-refractivity contribution in [2.24, 2.45) is 5.92 Å². The first kappa shape index (κ1) is 12.3. The highest BCUT2D eigenvalue weighted by molar-refractivity contribution is 7.13. The Bertz CT molecular complexity index is 561. The van der Waals surface area contributed by atoms with Crippen molar-refractivity contribution in [3.05, 3.63) is 29.6 Å². The number of piperidine rings is 3. The van der Waals surface area contributed by atoms with Crippen LogP contribution in [0.25, 0.3) is 10.6 Å². The van der Waals surface area contributed by atoms with Crippen LogP contribution in [0.4, 0.5) is 0 Å². The van der Waals surface area contributed by atoms with E-state index in [0.29, 0.717) is 17.9 Å². The minimum absolute atomic E-state index is 0.291. The predicted molar refractivity (Wildman–Crippen MR) is 78.9 cm³/mol. The number of aromatic nitrogens is 2. The van der Waals surface area contributed by atoms with E-state index in [9.17, 15) is 0 Å². The summed E-state index contributed by atoms with van der Waals surface area (Å²) in [5.74, 6) is 1.35. The molecule has 3 aliphatic heterocycles. The number of hydrogen-bond donors (Lipinski definition) is 0. The van der Waals surface area contributed by atoms with E-state index in [1.807, 2.05) is 18.2 Å². The van der Waals surface area contributed by atoms with Crippen LogP contribution in [-0.4, -0.2) is 40.8 Å². The fraction of sp³-hybridized carbons (Fsp3) is 0.467. The van der Waals surface area contributed by atoms with E-state index in [1.54, 1.807) is 11.3 Å². The zero-order valence-electron chi connectivity index (χ0n) is 11.2. The van der Waals surface area contributed by atoms with Gasteiger partial charge in [0.05, 0.1) is 4.88 Å². The van der Waals surface area contributed by atoms with Crippen molar-refractivity contribution in [2.75, 3.05) is 19.6 Å². The third-order valence-corrected chi connectivity index (χ3v) is 5.17. The van der Waals surface area contributed by atoms with Crippen LogP contribution in [0.2, 0.25) is 0 Å². The van der Waals surface area contributed by atoms with Crippen LogP contribution in [-0.2, 0) is 0 Å². The van der Waals surface area contributed by atoms with E-state index >= 15 is 0 Å². The summed E-state index contributed by atoms with van der Waals surface area (Å²) in [7, 11) is 0. The second-order valence-corrected chi connectivity index (χ2v) is 6.48. The number of rotatable bonds is 3. The summed E-state index contributed by atoms with van der Waals surface area (Å²) >= 11 is 1.68. The highest BCUT2D eigenvalue weighted by Crippen LogP contribution is 2.30. The maximum absolute atomic E-state index is 6.05. The van der Waals surface area contributed by atoms with E-state index in [0.717, 1.165) is 17.1 Å². The molecule has 20 heavy (non-hydrogen) atoms. The van der Waals surface area contributed by atoms with Gasteiger partial charge in [-0.3, -0.25) is 4.90 Å². The third kappa shape index (κ3) is 2.31. The summed E-state index contributed by atoms with van der Waals surface area (Å²) in [6, 6.07) is 8.02. The highest BCUT2D eigenvalue weighted by atomic mass is 32.1. The molecule has 2 aromatic rings. The van der Waals surface area contributed by atoms with Crippen molar-refractivity contribution in [3.8, 4) is 16.5 Å². The monoisotopic (exact) mass is 287 g/mol. The van der Waals surface area contributed by atoms with Gasteiger partial charge in [-0.05, 0) is 49.4 Å². The second kappa shape index (κ2) is 5.14. The Balaban J connectivity index is 1.47. The first-order valence-corrected chi connectivity index (χ1v) is 8.03. The summed E-state index contributed by atoms with van der Waals surface area (Å²) in [6.45, 7) is 3.50. The molecule has 0 N–H and O–H groups in total. The molecule has 3 aliphatic rings. The SMILES string of the molecule is c1csc(-c2ccc(OC3CN4CCC3CC4)nn2)c1. The molecule has 0 aromatic carbocycles. The molecule has 2 bridgehead atoms. The van der Waals surface area contributed by atoms with Crippen LogP contribution in [0, 0.1) is 5.92 Å². The molecular formula is C15H17N3OS. The molecule has 2 aromatic heterocycles. The number of nitrogens with zero attached hydrogens (tertiary/aromatic N) is 3. The van der Waals surface area contributed by atoms with Crippen LogP contribution in [0.1, 0.15) is 12.8 Å². The molecule has 3 saturated heterocycles. The van der Waals surface area contributed by atoms with E-state index < -0.39 is 0 Å². The Morgan fingerprint density at radius 3 is 2.65 bits per heavy atom. The van der Waals surface area contributed by atoms with Crippen molar-refractivity contribution < 1.29 is 4.74 Å². The standard InChI is InChI=1S/C15H17N3OS/c1-2-14(20-9-1)12-3-4-15(17-16-12)19-13-10-18-7-5-11(13)6-8-18/h1-4,9,11,13H,5-8,10H2. The van der Waals surface area contributed by atoms with Crippen LogP contribution in [0.3, 0.4) is 0 Å². The van der Waals surface area contributed by atoms with Gasteiger partial charge in [0.1, 0.15) is 11.8 Å². The molecule has 5 rings (SSSR count). The van der Waals surface area contributed by atoms with E-state index in [1.165, 1.54) is 25.9 Å². The van der Waals surface area contributed by atoms with Gasteiger partial charge in [-0.1, -0.05) is 6.07 Å². The minimum atomic E-state index is 0.291. The Kier molecular flexibility index (Phi) is 3.16. The van der Waals surface area contributed by atoms with Crippen LogP contribution in [0.5, 0.6) is 5.88 Å². The van der Waals surface area contributed by atoms with Crippen LogP contribution < -0.4 is 4.74 Å². The van der Waals surface area contributed by atoms with Crippen molar-refractivity contribution in [1.29, 1.82) is 0 Å². The Morgan fingerprint density at radius 2 is 2.05 bits per heavy atom. The number of thiophene rings is 1. The molecular weight excluding hydrogens is 270 g/mol. The fourth-order valence-electron chi connectivity index (χ4n) is 3.14. The van der Waals surface area contributed by atoms with Gasteiger partial charge in [0.2, 0.25) is 5.88 Å². The number of ether oxygens (including phenoxy) is 1. The van der Waals surface area contributed by atoms with Crippen molar-refractivity contribution >= 4 is 11.3 Å². The van der Waals surface area contributed by atoms with E-state index in [4.69, 9.17) is 4.74 Å². The molecule has 0 amide bonds. The zero-order valence-corrected chi connectivity index (χ0v) is 12.1. The molecule has 1 atom stereocenters. The zero-order chi connectivity index (χ0) is 13.4. The molecule has 0 aliphatic carbocycles. The quantitative estimate of drug-likeness (QED) is 0.870. The smallest absolute Gasteiger partial charge is 0.233 e. The number of hydrogen-bond acceptors (Lipinski definition) is 5. The molecule has 5 heterocycles. The normalized spacial score (nSPS) is 28.5. The van der Waals surface area contributed by atoms with E-state index in [-0.39, 0.29) is 0 Å². The van der Waals surface area contributed by atoms with Crippen molar-refractivity contribution in [1.82, 2.24) is 15.1 Å². The topological polar surface area (TPSA) is 38.2 Å². The average Bonchev–Trinajstić information content (AvgIpc) is 3.04. The lowest BCUT2D eigenvalue weighted by molar-refractivity contribution is -0.0103. The lowest BCUT2D eigenvalue weighted by Crippen LogP contribution is -2.52. The third-order valence-electron chi connectivity index (χ3n) is 4.28. The molecule has 0 radical (unpaired) electrons. The summed E-state index contributed by atoms with van der Waals surface area (Å²) < 4.78 is 6.05. The van der Waals surface area contributed by atoms with Gasteiger partial charge in [-0.15, -0.1) is 21.5 Å². The van der Waals surface area contributed by atoms with Gasteiger partial charge < -0.3 is 4.74 Å². The summed E-state index contributed by atoms with van der Waals surface area (Å²) in [5.41, 5.74) is 0.918. The lowest BCUT2D eigenvalue weighted by atomic mass is 9.86. The van der Waals surface area contributed by atoms with Gasteiger partial charge >= 0.3 is 0 Å². The molecule has 3 fully saturated rings. The maximum atomic E-state index is 6.05. The molecule has 4 nitrogen and oxygen atoms in total. The number of fused-ring (bicyclic) bond motifs is 3. The highest BCUT2D eigenvalue weighted by Gasteiger charge is 2.35. The van der Waals surface area contributed by atoms with Crippen molar-refractivity contribution in [2.45, 2.75) is 18.9 Å². The Hall–Kier alpha value is -1.46. The molecule has 0 spiro atoms. The first-order chi connectivity index (χ1) is 9.88. The summed E-state index contributed by atoms with van der Waals surface area (Å²) in [6.07, 6.45) is 2.80. The van der Waals surface area contributed by atoms with Gasteiger partial charge in [0.25, 0.3) is 0 Å². The Labute approximate surface area is 122 Å². The molecule has 0 saturated carbocycles. The fourth-order valence-corrected chi connectivity index (χ4v) is 3.83. The van der Waals surface area contributed by atoms with Gasteiger partial charge in [-0.25, -0.2) is 0 Å². The maximum Gasteiger partial charge on any atom is 0.233 e. The Morgan fingerprint density at radius 1 is 1.15 bits per heavy atom. The molecule has 104 valence electrons. The van der Waals surface area contributed by atoms with Crippen LogP contribution in [0.15, 0.2) is 29.6 Å². The summed E-state index contributed by atoms with van der Waals surface area (Å²) in [4.78, 5) is 3.63. The van der Waals surface area contributed by atoms with Gasteiger partial charge in [0, 0.05) is 12.6 Å². The van der Waals surface area contributed by atoms with Crippen molar-refractivity contribution in [3.63, 3.8) is 0 Å². The van der Waals surface area contributed by atoms with E-state index in [2.05, 4.69) is 26.5 Å². The van der Waals surface area contributed by atoms with Gasteiger partial charge in [-0.2, -0.15) is 0 Å². The minimum Gasteiger partial charge on any atom is -0.472 e. The van der Waals surface area contributed by atoms with Crippen LogP contribution >= 0.6 is 11.3 Å². The molecule has 5 heteroatoms. The largest absolute Gasteiger partial charge is 0.472 e.